The Morgan fingerprint density at radius 2 is 1.08 bits per heavy atom. The molecule has 6 rings (SSSR count). The van der Waals surface area contributed by atoms with Gasteiger partial charge in [-0.15, -0.1) is 0 Å². The van der Waals surface area contributed by atoms with Crippen molar-refractivity contribution in [2.45, 2.75) is 13.8 Å². The third kappa shape index (κ3) is 4.29. The van der Waals surface area contributed by atoms with Gasteiger partial charge in [0, 0.05) is 25.2 Å². The summed E-state index contributed by atoms with van der Waals surface area (Å²) in [5, 5.41) is 8.91. The van der Waals surface area contributed by atoms with Crippen LogP contribution in [-0.2, 0) is 14.1 Å². The first-order valence-corrected chi connectivity index (χ1v) is 11.6. The van der Waals surface area contributed by atoms with E-state index in [1.165, 1.54) is 4.68 Å². The third-order valence-electron chi connectivity index (χ3n) is 5.68. The van der Waals surface area contributed by atoms with E-state index in [0.717, 1.165) is 27.9 Å². The minimum atomic E-state index is -0.540. The summed E-state index contributed by atoms with van der Waals surface area (Å²) in [6.07, 6.45) is 0. The van der Waals surface area contributed by atoms with E-state index in [4.69, 9.17) is 11.6 Å². The van der Waals surface area contributed by atoms with Crippen LogP contribution in [0.4, 0.5) is 4.39 Å². The number of benzene rings is 2. The van der Waals surface area contributed by atoms with Crippen LogP contribution >= 0.6 is 11.6 Å². The molecule has 0 atom stereocenters. The van der Waals surface area contributed by atoms with Crippen LogP contribution in [0.1, 0.15) is 11.4 Å². The lowest BCUT2D eigenvalue weighted by atomic mass is 10.2. The predicted octanol–water partition coefficient (Wildman–Crippen LogP) is 5.47. The van der Waals surface area contributed by atoms with Gasteiger partial charge in [0.05, 0.1) is 11.4 Å². The molecule has 6 aromatic rings. The van der Waals surface area contributed by atoms with E-state index in [2.05, 4.69) is 30.1 Å². The number of hydrogen-bond acceptors (Lipinski definition) is 6. The van der Waals surface area contributed by atoms with E-state index in [1.54, 1.807) is 11.7 Å². The average molecular weight is 501 g/mol. The van der Waals surface area contributed by atoms with Crippen molar-refractivity contribution >= 4 is 33.7 Å². The molecule has 8 nitrogen and oxygen atoms in total. The fraction of sp³-hybridized carbons (Fsp3) is 0.154. The summed E-state index contributed by atoms with van der Waals surface area (Å²) in [5.74, 6) is 0.475. The molecule has 0 aliphatic rings. The number of nitrogens with zero attached hydrogens (tertiary/aromatic N) is 8. The molecular weight excluding hydrogens is 479 g/mol. The molecule has 36 heavy (non-hydrogen) atoms. The lowest BCUT2D eigenvalue weighted by Gasteiger charge is -2.02. The molecule has 0 saturated heterocycles. The van der Waals surface area contributed by atoms with Gasteiger partial charge in [0.1, 0.15) is 22.1 Å². The van der Waals surface area contributed by atoms with Gasteiger partial charge in [-0.3, -0.25) is 9.36 Å². The smallest absolute Gasteiger partial charge is 0.242 e. The van der Waals surface area contributed by atoms with Crippen LogP contribution < -0.4 is 0 Å². The van der Waals surface area contributed by atoms with E-state index < -0.39 is 5.95 Å². The molecule has 10 heteroatoms. The van der Waals surface area contributed by atoms with Crippen LogP contribution in [0.3, 0.4) is 0 Å². The minimum Gasteiger partial charge on any atom is -0.263 e. The van der Waals surface area contributed by atoms with Crippen molar-refractivity contribution in [1.82, 2.24) is 39.5 Å². The number of aryl methyl sites for hydroxylation is 4. The Morgan fingerprint density at radius 3 is 1.61 bits per heavy atom. The second-order valence-corrected chi connectivity index (χ2v) is 8.58. The number of halogens is 2. The van der Waals surface area contributed by atoms with Crippen LogP contribution in [0.25, 0.3) is 44.8 Å². The molecule has 0 aliphatic heterocycles. The maximum atomic E-state index is 14.0. The van der Waals surface area contributed by atoms with Crippen molar-refractivity contribution in [1.29, 1.82) is 0 Å². The van der Waals surface area contributed by atoms with E-state index in [0.29, 0.717) is 33.5 Å². The third-order valence-corrected chi connectivity index (χ3v) is 5.94. The lowest BCUT2D eigenvalue weighted by molar-refractivity contribution is 0.583. The molecule has 2 aromatic carbocycles. The second-order valence-electron chi connectivity index (χ2n) is 8.22. The van der Waals surface area contributed by atoms with Crippen molar-refractivity contribution in [3.63, 3.8) is 0 Å². The molecule has 0 unspecified atom stereocenters. The normalized spacial score (nSPS) is 11.1. The largest absolute Gasteiger partial charge is 0.263 e. The SMILES string of the molecule is Cc1nn(C)c2c(Cl)nc(-c3ccccc3)nc12.Cc1nn(C)c2c(F)nc(-c3ccccc3)nc12. The monoisotopic (exact) mass is 500 g/mol. The Morgan fingerprint density at radius 1 is 0.639 bits per heavy atom. The van der Waals surface area contributed by atoms with E-state index in [-0.39, 0.29) is 0 Å². The summed E-state index contributed by atoms with van der Waals surface area (Å²) in [7, 11) is 3.52. The Bertz CT molecular complexity index is 1570. The van der Waals surface area contributed by atoms with Gasteiger partial charge in [0.2, 0.25) is 5.95 Å². The molecule has 0 saturated carbocycles. The Kier molecular flexibility index (Phi) is 6.15. The van der Waals surface area contributed by atoms with Gasteiger partial charge in [0.25, 0.3) is 0 Å². The maximum Gasteiger partial charge on any atom is 0.242 e. The summed E-state index contributed by atoms with van der Waals surface area (Å²) >= 11 is 6.22. The predicted molar refractivity (Wildman–Crippen MR) is 138 cm³/mol. The molecule has 180 valence electrons. The molecule has 0 bridgehead atoms. The van der Waals surface area contributed by atoms with Gasteiger partial charge < -0.3 is 0 Å². The van der Waals surface area contributed by atoms with Crippen LogP contribution in [-0.4, -0.2) is 39.5 Å². The number of hydrogen-bond donors (Lipinski definition) is 0. The van der Waals surface area contributed by atoms with E-state index >= 15 is 0 Å². The van der Waals surface area contributed by atoms with Crippen LogP contribution in [0, 0.1) is 19.8 Å². The molecule has 4 aromatic heterocycles. The zero-order chi connectivity index (χ0) is 25.4. The van der Waals surface area contributed by atoms with Crippen LogP contribution in [0.15, 0.2) is 60.7 Å². The molecule has 0 radical (unpaired) electrons. The summed E-state index contributed by atoms with van der Waals surface area (Å²) in [6.45, 7) is 3.73. The van der Waals surface area contributed by atoms with Crippen molar-refractivity contribution in [2.75, 3.05) is 0 Å². The highest BCUT2D eigenvalue weighted by molar-refractivity contribution is 6.33. The Balaban J connectivity index is 0.000000148. The van der Waals surface area contributed by atoms with E-state index in [9.17, 15) is 4.39 Å². The van der Waals surface area contributed by atoms with Gasteiger partial charge >= 0.3 is 0 Å². The van der Waals surface area contributed by atoms with Crippen molar-refractivity contribution in [2.24, 2.45) is 14.1 Å². The van der Waals surface area contributed by atoms with Crippen molar-refractivity contribution in [3.05, 3.63) is 83.2 Å². The number of rotatable bonds is 2. The summed E-state index contributed by atoms with van der Waals surface area (Å²) in [5.41, 5.74) is 5.77. The fourth-order valence-electron chi connectivity index (χ4n) is 4.01. The highest BCUT2D eigenvalue weighted by Gasteiger charge is 2.16. The number of aromatic nitrogens is 8. The van der Waals surface area contributed by atoms with Crippen molar-refractivity contribution < 1.29 is 4.39 Å². The summed E-state index contributed by atoms with van der Waals surface area (Å²) in [4.78, 5) is 17.2. The minimum absolute atomic E-state index is 0.340. The molecule has 0 amide bonds. The molecule has 0 N–H and O–H groups in total. The zero-order valence-corrected chi connectivity index (χ0v) is 20.9. The highest BCUT2D eigenvalue weighted by Crippen LogP contribution is 2.26. The van der Waals surface area contributed by atoms with Gasteiger partial charge in [-0.2, -0.15) is 19.6 Å². The van der Waals surface area contributed by atoms with Gasteiger partial charge in [-0.25, -0.2) is 15.0 Å². The molecule has 0 aliphatic carbocycles. The van der Waals surface area contributed by atoms with Crippen LogP contribution in [0.2, 0.25) is 5.15 Å². The first-order valence-electron chi connectivity index (χ1n) is 11.2. The maximum absolute atomic E-state index is 14.0. The summed E-state index contributed by atoms with van der Waals surface area (Å²) < 4.78 is 17.2. The Hall–Kier alpha value is -4.24. The van der Waals surface area contributed by atoms with Gasteiger partial charge in [-0.1, -0.05) is 72.3 Å². The average Bonchev–Trinajstić information content (AvgIpc) is 3.34. The standard InChI is InChI=1S/C13H11ClN4.C13H11FN4/c2*1-8-10-11(18(2)17-8)12(14)16-13(15-10)9-6-4-3-5-7-9/h2*3-7H,1-2H3. The quantitative estimate of drug-likeness (QED) is 0.293. The number of fused-ring (bicyclic) bond motifs is 2. The molecule has 4 heterocycles. The topological polar surface area (TPSA) is 87.2 Å². The fourth-order valence-corrected chi connectivity index (χ4v) is 4.30. The first kappa shape index (κ1) is 23.5. The Labute approximate surface area is 211 Å². The highest BCUT2D eigenvalue weighted by atomic mass is 35.5. The molecule has 0 fully saturated rings. The summed E-state index contributed by atoms with van der Waals surface area (Å²) in [6, 6.07) is 19.1. The first-order chi connectivity index (χ1) is 17.3. The van der Waals surface area contributed by atoms with Gasteiger partial charge in [0.15, 0.2) is 16.8 Å². The van der Waals surface area contributed by atoms with Gasteiger partial charge in [-0.05, 0) is 13.8 Å². The zero-order valence-electron chi connectivity index (χ0n) is 20.1. The molecule has 0 spiro atoms. The van der Waals surface area contributed by atoms with E-state index in [1.807, 2.05) is 81.6 Å². The van der Waals surface area contributed by atoms with Crippen molar-refractivity contribution in [3.8, 4) is 22.8 Å². The lowest BCUT2D eigenvalue weighted by Crippen LogP contribution is -1.98. The second kappa shape index (κ2) is 9.43. The van der Waals surface area contributed by atoms with Crippen LogP contribution in [0.5, 0.6) is 0 Å². The molecular formula is C26H22ClFN8.